The number of carbonyl (C=O) groups is 1. The molecule has 5 heterocycles. The average molecular weight is 348 g/mol. The average Bonchev–Trinajstić information content (AvgIpc) is 3.10. The maximum atomic E-state index is 12.8. The number of nitrogens with zero attached hydrogens (tertiary/aromatic N) is 3. The Balaban J connectivity index is 1.50. The zero-order chi connectivity index (χ0) is 15.8. The molecule has 3 aliphatic heterocycles. The Morgan fingerprint density at radius 1 is 1.26 bits per heavy atom. The molecule has 122 valence electrons. The van der Waals surface area contributed by atoms with E-state index in [-0.39, 0.29) is 5.92 Å². The van der Waals surface area contributed by atoms with Crippen molar-refractivity contribution in [2.45, 2.75) is 38.9 Å². The Kier molecular flexibility index (Phi) is 4.22. The third kappa shape index (κ3) is 3.20. The van der Waals surface area contributed by atoms with Gasteiger partial charge in [0.15, 0.2) is 0 Å². The van der Waals surface area contributed by atoms with Crippen LogP contribution in [-0.2, 0) is 17.9 Å². The fourth-order valence-electron chi connectivity index (χ4n) is 3.75. The summed E-state index contributed by atoms with van der Waals surface area (Å²) in [5, 5.41) is 2.05. The van der Waals surface area contributed by atoms with Crippen LogP contribution in [0.3, 0.4) is 0 Å². The number of piperidine rings is 1. The van der Waals surface area contributed by atoms with Crippen LogP contribution < -0.4 is 0 Å². The number of carbonyl (C=O) groups excluding carboxylic acids is 1. The van der Waals surface area contributed by atoms with Crippen LogP contribution in [0.1, 0.15) is 28.3 Å². The predicted molar refractivity (Wildman–Crippen MR) is 93.5 cm³/mol. The van der Waals surface area contributed by atoms with E-state index in [2.05, 4.69) is 39.2 Å². The highest BCUT2D eigenvalue weighted by Crippen LogP contribution is 2.31. The van der Waals surface area contributed by atoms with Crippen LogP contribution in [0.4, 0.5) is 0 Å². The number of amides is 1. The van der Waals surface area contributed by atoms with Crippen LogP contribution in [0.2, 0.25) is 0 Å². The van der Waals surface area contributed by atoms with E-state index in [9.17, 15) is 4.79 Å². The van der Waals surface area contributed by atoms with Gasteiger partial charge in [0.1, 0.15) is 0 Å². The van der Waals surface area contributed by atoms with Crippen molar-refractivity contribution in [1.82, 2.24) is 14.8 Å². The zero-order valence-electron chi connectivity index (χ0n) is 13.3. The number of aryl methyl sites for hydroxylation is 1. The van der Waals surface area contributed by atoms with Gasteiger partial charge in [0, 0.05) is 40.8 Å². The quantitative estimate of drug-likeness (QED) is 0.852. The summed E-state index contributed by atoms with van der Waals surface area (Å²) < 4.78 is 0. The van der Waals surface area contributed by atoms with E-state index in [1.54, 1.807) is 11.3 Å². The van der Waals surface area contributed by atoms with Crippen molar-refractivity contribution in [3.8, 4) is 0 Å². The molecule has 0 radical (unpaired) electrons. The summed E-state index contributed by atoms with van der Waals surface area (Å²) >= 11 is 3.47. The Hall–Kier alpha value is -1.24. The summed E-state index contributed by atoms with van der Waals surface area (Å²) in [6, 6.07) is 4.75. The van der Waals surface area contributed by atoms with E-state index in [0.717, 1.165) is 38.2 Å². The topological polar surface area (TPSA) is 36.4 Å². The smallest absolute Gasteiger partial charge is 0.227 e. The minimum absolute atomic E-state index is 0.161. The van der Waals surface area contributed by atoms with Crippen molar-refractivity contribution in [3.05, 3.63) is 38.5 Å². The number of fused-ring (bicyclic) bond motifs is 4. The highest BCUT2D eigenvalue weighted by molar-refractivity contribution is 7.11. The molecule has 0 spiro atoms. The van der Waals surface area contributed by atoms with Crippen LogP contribution in [0, 0.1) is 12.8 Å². The molecule has 3 aliphatic rings. The minimum Gasteiger partial charge on any atom is -0.332 e. The molecule has 3 saturated heterocycles. The van der Waals surface area contributed by atoms with Gasteiger partial charge in [0.2, 0.25) is 5.91 Å². The number of rotatable bonds is 4. The molecule has 3 fully saturated rings. The Morgan fingerprint density at radius 3 is 2.91 bits per heavy atom. The minimum atomic E-state index is 0.161. The first-order valence-electron chi connectivity index (χ1n) is 8.14. The maximum absolute atomic E-state index is 12.8. The fraction of sp³-hybridized carbons (Fsp3) is 0.529. The predicted octanol–water partition coefficient (Wildman–Crippen LogP) is 3.14. The molecule has 1 amide bonds. The van der Waals surface area contributed by atoms with E-state index in [1.165, 1.54) is 9.75 Å². The highest BCUT2D eigenvalue weighted by atomic mass is 32.1. The molecule has 6 heteroatoms. The Bertz CT molecular complexity index is 682. The summed E-state index contributed by atoms with van der Waals surface area (Å²) in [7, 11) is 0. The number of aromatic nitrogens is 1. The van der Waals surface area contributed by atoms with Gasteiger partial charge in [-0.2, -0.15) is 0 Å². The molecule has 2 aromatic rings. The molecule has 0 unspecified atom stereocenters. The summed E-state index contributed by atoms with van der Waals surface area (Å²) in [6.07, 6.45) is 2.16. The summed E-state index contributed by atoms with van der Waals surface area (Å²) in [5.41, 5.74) is 2.87. The van der Waals surface area contributed by atoms with E-state index >= 15 is 0 Å². The third-order valence-corrected chi connectivity index (χ3v) is 6.48. The summed E-state index contributed by atoms with van der Waals surface area (Å²) in [4.78, 5) is 24.5. The van der Waals surface area contributed by atoms with Crippen LogP contribution in [0.25, 0.3) is 0 Å². The SMILES string of the molecule is Cc1ccc(CN2C[C@@H]3CC[C@H](C2)N(Cc2cscn2)C3=O)s1. The normalized spacial score (nSPS) is 25.1. The monoisotopic (exact) mass is 347 g/mol. The molecule has 0 aliphatic carbocycles. The van der Waals surface area contributed by atoms with Crippen molar-refractivity contribution in [2.75, 3.05) is 13.1 Å². The molecule has 23 heavy (non-hydrogen) atoms. The van der Waals surface area contributed by atoms with Crippen LogP contribution in [0.5, 0.6) is 0 Å². The van der Waals surface area contributed by atoms with Crippen LogP contribution in [0.15, 0.2) is 23.0 Å². The van der Waals surface area contributed by atoms with E-state index in [4.69, 9.17) is 0 Å². The van der Waals surface area contributed by atoms with Gasteiger partial charge in [-0.05, 0) is 31.9 Å². The summed E-state index contributed by atoms with van der Waals surface area (Å²) in [6.45, 7) is 5.70. The second-order valence-electron chi connectivity index (χ2n) is 6.58. The first-order valence-corrected chi connectivity index (χ1v) is 9.90. The lowest BCUT2D eigenvalue weighted by Crippen LogP contribution is -2.47. The van der Waals surface area contributed by atoms with Crippen LogP contribution >= 0.6 is 22.7 Å². The standard InChI is InChI=1S/C17H21N3OS2/c1-12-2-5-16(23-12)9-19-6-13-3-4-15(8-19)20(17(13)21)7-14-10-22-11-18-14/h2,5,10-11,13,15H,3-4,6-9H2,1H3/t13-,15+/m0/s1. The Labute approximate surface area is 144 Å². The molecule has 2 bridgehead atoms. The van der Waals surface area contributed by atoms with Gasteiger partial charge < -0.3 is 4.90 Å². The van der Waals surface area contributed by atoms with Gasteiger partial charge in [-0.15, -0.1) is 22.7 Å². The van der Waals surface area contributed by atoms with Crippen molar-refractivity contribution in [2.24, 2.45) is 5.92 Å². The first-order chi connectivity index (χ1) is 11.2. The lowest BCUT2D eigenvalue weighted by Gasteiger charge is -2.35. The van der Waals surface area contributed by atoms with Crippen LogP contribution in [-0.4, -0.2) is 39.8 Å². The second-order valence-corrected chi connectivity index (χ2v) is 8.67. The fourth-order valence-corrected chi connectivity index (χ4v) is 5.23. The van der Waals surface area contributed by atoms with Crippen molar-refractivity contribution in [3.63, 3.8) is 0 Å². The van der Waals surface area contributed by atoms with Crippen molar-refractivity contribution >= 4 is 28.6 Å². The zero-order valence-corrected chi connectivity index (χ0v) is 14.9. The van der Waals surface area contributed by atoms with E-state index in [0.29, 0.717) is 18.5 Å². The Morgan fingerprint density at radius 2 is 2.17 bits per heavy atom. The van der Waals surface area contributed by atoms with Gasteiger partial charge in [-0.1, -0.05) is 0 Å². The molecule has 5 rings (SSSR count). The van der Waals surface area contributed by atoms with Gasteiger partial charge in [-0.3, -0.25) is 9.69 Å². The molecular formula is C17H21N3OS2. The molecule has 0 N–H and O–H groups in total. The van der Waals surface area contributed by atoms with Gasteiger partial charge in [0.25, 0.3) is 0 Å². The number of hydrogen-bond acceptors (Lipinski definition) is 5. The van der Waals surface area contributed by atoms with Gasteiger partial charge in [-0.25, -0.2) is 4.98 Å². The lowest BCUT2D eigenvalue weighted by atomic mass is 9.94. The first kappa shape index (κ1) is 15.3. The number of hydrogen-bond donors (Lipinski definition) is 0. The second kappa shape index (κ2) is 6.34. The van der Waals surface area contributed by atoms with Crippen molar-refractivity contribution < 1.29 is 4.79 Å². The third-order valence-electron chi connectivity index (χ3n) is 4.86. The van der Waals surface area contributed by atoms with Crippen molar-refractivity contribution in [1.29, 1.82) is 0 Å². The molecule has 0 aromatic carbocycles. The van der Waals surface area contributed by atoms with Gasteiger partial charge in [0.05, 0.1) is 23.7 Å². The molecule has 4 nitrogen and oxygen atoms in total. The maximum Gasteiger partial charge on any atom is 0.227 e. The molecular weight excluding hydrogens is 326 g/mol. The van der Waals surface area contributed by atoms with E-state index in [1.807, 2.05) is 16.8 Å². The number of thiophene rings is 1. The summed E-state index contributed by atoms with van der Waals surface area (Å²) in [5.74, 6) is 0.493. The lowest BCUT2D eigenvalue weighted by molar-refractivity contribution is -0.140. The molecule has 2 aromatic heterocycles. The largest absolute Gasteiger partial charge is 0.332 e. The van der Waals surface area contributed by atoms with Gasteiger partial charge >= 0.3 is 0 Å². The number of thiazole rings is 1. The van der Waals surface area contributed by atoms with E-state index < -0.39 is 0 Å². The molecule has 2 atom stereocenters. The molecule has 0 saturated carbocycles. The highest BCUT2D eigenvalue weighted by Gasteiger charge is 2.40.